The van der Waals surface area contributed by atoms with Gasteiger partial charge in [-0.15, -0.1) is 11.3 Å². The molecule has 0 unspecified atom stereocenters. The Morgan fingerprint density at radius 2 is 2.22 bits per heavy atom. The van der Waals surface area contributed by atoms with E-state index >= 15 is 0 Å². The maximum atomic E-state index is 12.1. The van der Waals surface area contributed by atoms with Crippen molar-refractivity contribution in [3.8, 4) is 0 Å². The molecule has 0 saturated heterocycles. The van der Waals surface area contributed by atoms with E-state index in [0.29, 0.717) is 11.4 Å². The molecule has 0 spiro atoms. The van der Waals surface area contributed by atoms with Crippen LogP contribution in [0.5, 0.6) is 0 Å². The highest BCUT2D eigenvalue weighted by molar-refractivity contribution is 7.91. The van der Waals surface area contributed by atoms with E-state index in [1.54, 1.807) is 12.1 Å². The quantitative estimate of drug-likeness (QED) is 0.814. The van der Waals surface area contributed by atoms with Gasteiger partial charge in [0.1, 0.15) is 9.20 Å². The Balaban J connectivity index is 2.07. The first-order valence-corrected chi connectivity index (χ1v) is 8.43. The summed E-state index contributed by atoms with van der Waals surface area (Å²) < 4.78 is 27.1. The molecule has 3 N–H and O–H groups in total. The van der Waals surface area contributed by atoms with E-state index in [9.17, 15) is 8.42 Å². The zero-order valence-corrected chi connectivity index (χ0v) is 12.6. The first kappa shape index (κ1) is 13.9. The van der Waals surface area contributed by atoms with E-state index in [2.05, 4.69) is 11.6 Å². The minimum absolute atomic E-state index is 0.121. The van der Waals surface area contributed by atoms with E-state index in [-0.39, 0.29) is 14.6 Å². The molecule has 0 aromatic carbocycles. The summed E-state index contributed by atoms with van der Waals surface area (Å²) in [5.74, 6) is 0. The van der Waals surface area contributed by atoms with Crippen molar-refractivity contribution in [2.24, 2.45) is 11.1 Å². The lowest BCUT2D eigenvalue weighted by Gasteiger charge is -2.38. The molecule has 1 fully saturated rings. The van der Waals surface area contributed by atoms with E-state index in [0.717, 1.165) is 24.2 Å². The van der Waals surface area contributed by atoms with Crippen molar-refractivity contribution < 1.29 is 8.42 Å². The smallest absolute Gasteiger partial charge is 0.250 e. The summed E-state index contributed by atoms with van der Waals surface area (Å²) in [6.45, 7) is 2.60. The molecule has 18 heavy (non-hydrogen) atoms. The van der Waals surface area contributed by atoms with Crippen LogP contribution in [0.15, 0.2) is 16.3 Å². The number of hydrogen-bond donors (Lipinski definition) is 2. The molecular formula is C11H16N2O2S3. The maximum Gasteiger partial charge on any atom is 0.250 e. The molecule has 0 bridgehead atoms. The molecule has 2 rings (SSSR count). The van der Waals surface area contributed by atoms with Crippen LogP contribution in [0.3, 0.4) is 0 Å². The van der Waals surface area contributed by atoms with Crippen LogP contribution in [-0.2, 0) is 10.0 Å². The summed E-state index contributed by atoms with van der Waals surface area (Å²) in [6.07, 6.45) is 3.35. The molecule has 100 valence electrons. The van der Waals surface area contributed by atoms with Gasteiger partial charge in [-0.3, -0.25) is 0 Å². The first-order chi connectivity index (χ1) is 8.32. The summed E-state index contributed by atoms with van der Waals surface area (Å²) in [4.78, 5) is 0.854. The Morgan fingerprint density at radius 1 is 1.56 bits per heavy atom. The van der Waals surface area contributed by atoms with Gasteiger partial charge in [-0.05, 0) is 30.4 Å². The Kier molecular flexibility index (Phi) is 3.77. The minimum Gasteiger partial charge on any atom is -0.389 e. The van der Waals surface area contributed by atoms with Crippen molar-refractivity contribution in [3.63, 3.8) is 0 Å². The molecule has 0 atom stereocenters. The highest BCUT2D eigenvalue weighted by Gasteiger charge is 2.33. The fourth-order valence-corrected chi connectivity index (χ4v) is 4.49. The van der Waals surface area contributed by atoms with E-state index in [1.807, 2.05) is 0 Å². The Morgan fingerprint density at radius 3 is 2.67 bits per heavy atom. The lowest BCUT2D eigenvalue weighted by Crippen LogP contribution is -2.39. The second kappa shape index (κ2) is 4.88. The lowest BCUT2D eigenvalue weighted by atomic mass is 9.71. The van der Waals surface area contributed by atoms with Crippen LogP contribution in [0.25, 0.3) is 0 Å². The molecule has 7 heteroatoms. The molecule has 1 aliphatic rings. The van der Waals surface area contributed by atoms with Gasteiger partial charge >= 0.3 is 0 Å². The normalized spacial score (nSPS) is 18.3. The number of thiophene rings is 1. The standard InChI is InChI=1S/C11H16N2O2S3/c1-11(5-2-6-11)7-13-18(14,15)9-4-3-8(17-9)10(12)16/h3-4,13H,2,5-7H2,1H3,(H2,12,16). The van der Waals surface area contributed by atoms with Crippen LogP contribution in [0.4, 0.5) is 0 Å². The van der Waals surface area contributed by atoms with Crippen LogP contribution >= 0.6 is 23.6 Å². The van der Waals surface area contributed by atoms with Crippen LogP contribution in [0.2, 0.25) is 0 Å². The summed E-state index contributed by atoms with van der Waals surface area (Å²) in [6, 6.07) is 3.19. The molecule has 1 saturated carbocycles. The van der Waals surface area contributed by atoms with Crippen molar-refractivity contribution >= 4 is 38.6 Å². The third kappa shape index (κ3) is 2.90. The summed E-state index contributed by atoms with van der Waals surface area (Å²) in [5, 5.41) is 0. The largest absolute Gasteiger partial charge is 0.389 e. The summed E-state index contributed by atoms with van der Waals surface area (Å²) in [7, 11) is -3.43. The number of rotatable bonds is 5. The fraction of sp³-hybridized carbons (Fsp3) is 0.545. The van der Waals surface area contributed by atoms with Crippen molar-refractivity contribution in [1.82, 2.24) is 4.72 Å². The van der Waals surface area contributed by atoms with Gasteiger partial charge in [-0.2, -0.15) is 0 Å². The van der Waals surface area contributed by atoms with Gasteiger partial charge in [0.05, 0.1) is 4.88 Å². The second-order valence-electron chi connectivity index (χ2n) is 4.97. The molecule has 1 aromatic heterocycles. The number of nitrogens with two attached hydrogens (primary N) is 1. The topological polar surface area (TPSA) is 72.2 Å². The molecule has 1 aromatic rings. The lowest BCUT2D eigenvalue weighted by molar-refractivity contribution is 0.166. The molecule has 0 amide bonds. The number of nitrogens with one attached hydrogen (secondary N) is 1. The SMILES string of the molecule is CC1(CNS(=O)(=O)c2ccc(C(N)=S)s2)CCC1. The van der Waals surface area contributed by atoms with Crippen molar-refractivity contribution in [3.05, 3.63) is 17.0 Å². The molecular weight excluding hydrogens is 288 g/mol. The minimum atomic E-state index is -3.43. The Hall–Kier alpha value is -0.500. The summed E-state index contributed by atoms with van der Waals surface area (Å²) >= 11 is 5.93. The number of hydrogen-bond acceptors (Lipinski definition) is 4. The van der Waals surface area contributed by atoms with Crippen molar-refractivity contribution in [2.45, 2.75) is 30.4 Å². The van der Waals surface area contributed by atoms with Gasteiger partial charge < -0.3 is 5.73 Å². The number of sulfonamides is 1. The Labute approximate surface area is 117 Å². The monoisotopic (exact) mass is 304 g/mol. The van der Waals surface area contributed by atoms with Crippen molar-refractivity contribution in [1.29, 1.82) is 0 Å². The predicted octanol–water partition coefficient (Wildman–Crippen LogP) is 1.85. The molecule has 0 radical (unpaired) electrons. The average molecular weight is 304 g/mol. The van der Waals surface area contributed by atoms with Crippen LogP contribution in [0, 0.1) is 5.41 Å². The third-order valence-electron chi connectivity index (χ3n) is 3.34. The van der Waals surface area contributed by atoms with Gasteiger partial charge in [-0.25, -0.2) is 13.1 Å². The van der Waals surface area contributed by atoms with E-state index in [4.69, 9.17) is 18.0 Å². The van der Waals surface area contributed by atoms with Crippen molar-refractivity contribution in [2.75, 3.05) is 6.54 Å². The van der Waals surface area contributed by atoms with E-state index < -0.39 is 10.0 Å². The van der Waals surface area contributed by atoms with Crippen LogP contribution in [0.1, 0.15) is 31.1 Å². The zero-order chi connectivity index (χ0) is 13.4. The average Bonchev–Trinajstić information content (AvgIpc) is 2.73. The van der Waals surface area contributed by atoms with Gasteiger partial charge in [0, 0.05) is 6.54 Å². The molecule has 1 heterocycles. The van der Waals surface area contributed by atoms with Gasteiger partial charge in [0.15, 0.2) is 0 Å². The maximum absolute atomic E-state index is 12.1. The van der Waals surface area contributed by atoms with Gasteiger partial charge in [0.2, 0.25) is 10.0 Å². The molecule has 1 aliphatic carbocycles. The first-order valence-electron chi connectivity index (χ1n) is 5.72. The summed E-state index contributed by atoms with van der Waals surface area (Å²) in [5.41, 5.74) is 5.59. The van der Waals surface area contributed by atoms with Crippen LogP contribution in [-0.4, -0.2) is 20.0 Å². The van der Waals surface area contributed by atoms with Gasteiger partial charge in [-0.1, -0.05) is 25.6 Å². The third-order valence-corrected chi connectivity index (χ3v) is 6.70. The van der Waals surface area contributed by atoms with Crippen LogP contribution < -0.4 is 10.5 Å². The van der Waals surface area contributed by atoms with Gasteiger partial charge in [0.25, 0.3) is 0 Å². The second-order valence-corrected chi connectivity index (χ2v) is 8.49. The molecule has 0 aliphatic heterocycles. The highest BCUT2D eigenvalue weighted by atomic mass is 32.2. The molecule has 4 nitrogen and oxygen atoms in total. The Bertz CT molecular complexity index is 559. The number of thiocarbonyl (C=S) groups is 1. The highest BCUT2D eigenvalue weighted by Crippen LogP contribution is 2.39. The fourth-order valence-electron chi connectivity index (χ4n) is 1.89. The predicted molar refractivity (Wildman–Crippen MR) is 77.4 cm³/mol. The van der Waals surface area contributed by atoms with E-state index in [1.165, 1.54) is 6.42 Å². The zero-order valence-electron chi connectivity index (χ0n) is 10.1.